The maximum absolute atomic E-state index is 13.4. The van der Waals surface area contributed by atoms with Crippen molar-refractivity contribution >= 4 is 27.4 Å². The predicted molar refractivity (Wildman–Crippen MR) is 77.7 cm³/mol. The van der Waals surface area contributed by atoms with E-state index in [4.69, 9.17) is 5.73 Å². The average molecular weight is 322 g/mol. The number of aryl methyl sites for hydroxylation is 1. The first-order valence-electron chi connectivity index (χ1n) is 5.81. The van der Waals surface area contributed by atoms with Gasteiger partial charge < -0.3 is 5.73 Å². The van der Waals surface area contributed by atoms with Crippen LogP contribution < -0.4 is 5.73 Å². The van der Waals surface area contributed by atoms with E-state index >= 15 is 0 Å². The highest BCUT2D eigenvalue weighted by molar-refractivity contribution is 9.10. The second-order valence-electron chi connectivity index (χ2n) is 4.38. The van der Waals surface area contributed by atoms with Gasteiger partial charge in [0, 0.05) is 17.7 Å². The Morgan fingerprint density at radius 2 is 2.05 bits per heavy atom. The van der Waals surface area contributed by atoms with E-state index < -0.39 is 0 Å². The highest BCUT2D eigenvalue weighted by atomic mass is 79.9. The number of rotatable bonds is 3. The fourth-order valence-corrected chi connectivity index (χ4v) is 2.18. The van der Waals surface area contributed by atoms with Crippen LogP contribution in [-0.4, -0.2) is 5.78 Å². The molecule has 0 unspecified atom stereocenters. The summed E-state index contributed by atoms with van der Waals surface area (Å²) in [5, 5.41) is 0. The first-order chi connectivity index (χ1) is 8.99. The summed E-state index contributed by atoms with van der Waals surface area (Å²) in [6, 6.07) is 9.87. The molecule has 0 fully saturated rings. The predicted octanol–water partition coefficient (Wildman–Crippen LogP) is 3.90. The number of nitrogen functional groups attached to an aromatic ring is 1. The Morgan fingerprint density at radius 3 is 2.74 bits per heavy atom. The molecule has 0 aromatic heterocycles. The third-order valence-corrected chi connectivity index (χ3v) is 3.87. The second kappa shape index (κ2) is 5.53. The van der Waals surface area contributed by atoms with Gasteiger partial charge in [0.15, 0.2) is 5.78 Å². The summed E-state index contributed by atoms with van der Waals surface area (Å²) in [6.07, 6.45) is 0.140. The minimum atomic E-state index is -0.367. The standard InChI is InChI=1S/C15H13BrFNO/c1-9-5-6-10(7-13(9)18)14(19)8-11-3-2-4-12(17)15(11)16/h2-7H,8,18H2,1H3. The molecule has 0 aliphatic heterocycles. The van der Waals surface area contributed by atoms with Crippen LogP contribution in [0.4, 0.5) is 10.1 Å². The van der Waals surface area contributed by atoms with E-state index in [2.05, 4.69) is 15.9 Å². The third kappa shape index (κ3) is 3.01. The maximum Gasteiger partial charge on any atom is 0.167 e. The molecule has 2 rings (SSSR count). The Morgan fingerprint density at radius 1 is 1.32 bits per heavy atom. The lowest BCUT2D eigenvalue weighted by Gasteiger charge is -2.06. The lowest BCUT2D eigenvalue weighted by molar-refractivity contribution is 0.0993. The number of ketones is 1. The van der Waals surface area contributed by atoms with Gasteiger partial charge in [-0.15, -0.1) is 0 Å². The summed E-state index contributed by atoms with van der Waals surface area (Å²) in [6.45, 7) is 1.88. The smallest absolute Gasteiger partial charge is 0.167 e. The van der Waals surface area contributed by atoms with Gasteiger partial charge >= 0.3 is 0 Å². The first-order valence-corrected chi connectivity index (χ1v) is 6.60. The zero-order chi connectivity index (χ0) is 14.0. The molecule has 2 aromatic carbocycles. The van der Waals surface area contributed by atoms with E-state index in [9.17, 15) is 9.18 Å². The van der Waals surface area contributed by atoms with Gasteiger partial charge in [-0.2, -0.15) is 0 Å². The van der Waals surface area contributed by atoms with Crippen LogP contribution in [0.2, 0.25) is 0 Å². The van der Waals surface area contributed by atoms with Crippen molar-refractivity contribution < 1.29 is 9.18 Å². The summed E-state index contributed by atoms with van der Waals surface area (Å²) in [7, 11) is 0. The van der Waals surface area contributed by atoms with Gasteiger partial charge in [-0.25, -0.2) is 4.39 Å². The topological polar surface area (TPSA) is 43.1 Å². The van der Waals surface area contributed by atoms with Crippen molar-refractivity contribution in [1.29, 1.82) is 0 Å². The van der Waals surface area contributed by atoms with Gasteiger partial charge in [-0.3, -0.25) is 4.79 Å². The summed E-state index contributed by atoms with van der Waals surface area (Å²) in [5.41, 5.74) is 8.48. The molecule has 0 atom stereocenters. The number of carbonyl (C=O) groups is 1. The molecule has 0 amide bonds. The number of benzene rings is 2. The van der Waals surface area contributed by atoms with Crippen LogP contribution in [0.3, 0.4) is 0 Å². The molecule has 2 aromatic rings. The minimum absolute atomic E-state index is 0.0852. The Hall–Kier alpha value is -1.68. The number of Topliss-reactive ketones (excluding diaryl/α,β-unsaturated/α-hetero) is 1. The molecule has 0 aliphatic rings. The number of nitrogens with two attached hydrogens (primary N) is 1. The number of anilines is 1. The minimum Gasteiger partial charge on any atom is -0.398 e. The molecule has 0 saturated carbocycles. The number of carbonyl (C=O) groups excluding carboxylic acids is 1. The summed E-state index contributed by atoms with van der Waals surface area (Å²) >= 11 is 3.16. The van der Waals surface area contributed by atoms with Crippen LogP contribution >= 0.6 is 15.9 Å². The number of hydrogen-bond donors (Lipinski definition) is 1. The Balaban J connectivity index is 2.26. The van der Waals surface area contributed by atoms with Crippen LogP contribution in [-0.2, 0) is 6.42 Å². The van der Waals surface area contributed by atoms with Crippen LogP contribution in [0.5, 0.6) is 0 Å². The molecule has 2 nitrogen and oxygen atoms in total. The largest absolute Gasteiger partial charge is 0.398 e. The van der Waals surface area contributed by atoms with Crippen molar-refractivity contribution in [2.75, 3.05) is 5.73 Å². The molecule has 0 saturated heterocycles. The highest BCUT2D eigenvalue weighted by Crippen LogP contribution is 2.22. The van der Waals surface area contributed by atoms with Crippen LogP contribution in [0.1, 0.15) is 21.5 Å². The van der Waals surface area contributed by atoms with E-state index in [-0.39, 0.29) is 18.0 Å². The van der Waals surface area contributed by atoms with Crippen LogP contribution in [0.15, 0.2) is 40.9 Å². The van der Waals surface area contributed by atoms with Crippen molar-refractivity contribution in [3.8, 4) is 0 Å². The van der Waals surface area contributed by atoms with Gasteiger partial charge in [0.05, 0.1) is 4.47 Å². The van der Waals surface area contributed by atoms with Gasteiger partial charge in [-0.05, 0) is 46.1 Å². The van der Waals surface area contributed by atoms with Gasteiger partial charge in [0.1, 0.15) is 5.82 Å². The zero-order valence-electron chi connectivity index (χ0n) is 10.4. The first kappa shape index (κ1) is 13.7. The van der Waals surface area contributed by atoms with E-state index in [0.717, 1.165) is 5.56 Å². The molecule has 0 heterocycles. The fraction of sp³-hybridized carbons (Fsp3) is 0.133. The molecule has 0 radical (unpaired) electrons. The fourth-order valence-electron chi connectivity index (χ4n) is 1.77. The molecule has 19 heavy (non-hydrogen) atoms. The highest BCUT2D eigenvalue weighted by Gasteiger charge is 2.12. The van der Waals surface area contributed by atoms with Crippen molar-refractivity contribution in [3.63, 3.8) is 0 Å². The van der Waals surface area contributed by atoms with Crippen LogP contribution in [0, 0.1) is 12.7 Å². The van der Waals surface area contributed by atoms with E-state index in [0.29, 0.717) is 21.3 Å². The van der Waals surface area contributed by atoms with E-state index in [1.807, 2.05) is 13.0 Å². The molecular weight excluding hydrogens is 309 g/mol. The Bertz CT molecular complexity index is 640. The van der Waals surface area contributed by atoms with Crippen molar-refractivity contribution in [3.05, 3.63) is 63.4 Å². The van der Waals surface area contributed by atoms with Crippen molar-refractivity contribution in [2.24, 2.45) is 0 Å². The SMILES string of the molecule is Cc1ccc(C(=O)Cc2cccc(F)c2Br)cc1N. The van der Waals surface area contributed by atoms with Gasteiger partial charge in [0.25, 0.3) is 0 Å². The van der Waals surface area contributed by atoms with Crippen molar-refractivity contribution in [1.82, 2.24) is 0 Å². The lowest BCUT2D eigenvalue weighted by Crippen LogP contribution is -2.06. The second-order valence-corrected chi connectivity index (χ2v) is 5.18. The van der Waals surface area contributed by atoms with E-state index in [1.165, 1.54) is 6.07 Å². The number of hydrogen-bond acceptors (Lipinski definition) is 2. The quantitative estimate of drug-likeness (QED) is 0.688. The monoisotopic (exact) mass is 321 g/mol. The van der Waals surface area contributed by atoms with E-state index in [1.54, 1.807) is 24.3 Å². The molecule has 0 aliphatic carbocycles. The Labute approximate surface area is 119 Å². The molecule has 0 bridgehead atoms. The summed E-state index contributed by atoms with van der Waals surface area (Å²) in [5.74, 6) is -0.452. The molecular formula is C15H13BrFNO. The molecule has 0 spiro atoms. The molecule has 98 valence electrons. The average Bonchev–Trinajstić information content (AvgIpc) is 2.38. The summed E-state index contributed by atoms with van der Waals surface area (Å²) < 4.78 is 13.7. The lowest BCUT2D eigenvalue weighted by atomic mass is 10.0. The summed E-state index contributed by atoms with van der Waals surface area (Å²) in [4.78, 5) is 12.1. The number of halogens is 2. The van der Waals surface area contributed by atoms with Crippen LogP contribution in [0.25, 0.3) is 0 Å². The maximum atomic E-state index is 13.4. The van der Waals surface area contributed by atoms with Gasteiger partial charge in [0.2, 0.25) is 0 Å². The van der Waals surface area contributed by atoms with Gasteiger partial charge in [-0.1, -0.05) is 24.3 Å². The Kier molecular flexibility index (Phi) is 4.00. The molecule has 2 N–H and O–H groups in total. The van der Waals surface area contributed by atoms with Crippen molar-refractivity contribution in [2.45, 2.75) is 13.3 Å². The zero-order valence-corrected chi connectivity index (χ0v) is 12.0. The third-order valence-electron chi connectivity index (χ3n) is 2.98. The molecule has 4 heteroatoms. The normalized spacial score (nSPS) is 10.5.